The van der Waals surface area contributed by atoms with Crippen LogP contribution in [0.15, 0.2) is 36.5 Å². The number of aliphatic carboxylic acids is 1. The lowest BCUT2D eigenvalue weighted by Gasteiger charge is -2.17. The van der Waals surface area contributed by atoms with Crippen LogP contribution in [0.3, 0.4) is 0 Å². The molecule has 5 heteroatoms. The van der Waals surface area contributed by atoms with Crippen molar-refractivity contribution in [3.05, 3.63) is 42.2 Å². The molecule has 0 spiro atoms. The van der Waals surface area contributed by atoms with Gasteiger partial charge in [-0.3, -0.25) is 14.6 Å². The number of hydrogen-bond donors (Lipinski definition) is 1. The van der Waals surface area contributed by atoms with Gasteiger partial charge in [0, 0.05) is 31.6 Å². The Bertz CT molecular complexity index is 635. The number of nitrogens with zero attached hydrogens (tertiary/aromatic N) is 2. The topological polar surface area (TPSA) is 70.5 Å². The maximum Gasteiger partial charge on any atom is 0.303 e. The monoisotopic (exact) mass is 272 g/mol. The number of hydrogen-bond acceptors (Lipinski definition) is 3. The predicted octanol–water partition coefficient (Wildman–Crippen LogP) is 2.17. The summed E-state index contributed by atoms with van der Waals surface area (Å²) in [6, 6.07) is 9.42. The van der Waals surface area contributed by atoms with Crippen LogP contribution in [0.4, 0.5) is 0 Å². The van der Waals surface area contributed by atoms with Gasteiger partial charge in [-0.25, -0.2) is 0 Å². The third-order valence-corrected chi connectivity index (χ3v) is 3.11. The molecule has 0 fully saturated rings. The number of benzene rings is 1. The highest BCUT2D eigenvalue weighted by atomic mass is 16.4. The SMILES string of the molecule is CN(CCCC(=O)O)C(=O)c1nccc2ccccc12. The highest BCUT2D eigenvalue weighted by Crippen LogP contribution is 2.17. The first-order chi connectivity index (χ1) is 9.59. The Labute approximate surface area is 116 Å². The Morgan fingerprint density at radius 2 is 2.00 bits per heavy atom. The molecule has 0 saturated carbocycles. The number of carbonyl (C=O) groups is 2. The number of pyridine rings is 1. The fourth-order valence-electron chi connectivity index (χ4n) is 2.04. The highest BCUT2D eigenvalue weighted by molar-refractivity contribution is 6.05. The second-order valence-corrected chi connectivity index (χ2v) is 4.60. The Morgan fingerprint density at radius 1 is 1.25 bits per heavy atom. The van der Waals surface area contributed by atoms with Crippen LogP contribution in [0, 0.1) is 0 Å². The summed E-state index contributed by atoms with van der Waals surface area (Å²) in [5.41, 5.74) is 0.404. The van der Waals surface area contributed by atoms with Crippen molar-refractivity contribution in [3.8, 4) is 0 Å². The van der Waals surface area contributed by atoms with Crippen LogP contribution in [0.5, 0.6) is 0 Å². The third-order valence-electron chi connectivity index (χ3n) is 3.11. The van der Waals surface area contributed by atoms with Crippen molar-refractivity contribution in [3.63, 3.8) is 0 Å². The zero-order valence-electron chi connectivity index (χ0n) is 11.2. The second-order valence-electron chi connectivity index (χ2n) is 4.60. The standard InChI is InChI=1S/C15H16N2O3/c1-17(10-4-7-13(18)19)15(20)14-12-6-3-2-5-11(12)8-9-16-14/h2-3,5-6,8-9H,4,7,10H2,1H3,(H,18,19). The van der Waals surface area contributed by atoms with Crippen molar-refractivity contribution >= 4 is 22.6 Å². The number of fused-ring (bicyclic) bond motifs is 1. The van der Waals surface area contributed by atoms with Crippen molar-refractivity contribution < 1.29 is 14.7 Å². The molecule has 0 aliphatic carbocycles. The van der Waals surface area contributed by atoms with Gasteiger partial charge in [0.1, 0.15) is 5.69 Å². The molecule has 1 aromatic heterocycles. The maximum atomic E-state index is 12.4. The minimum Gasteiger partial charge on any atom is -0.481 e. The van der Waals surface area contributed by atoms with Crippen LogP contribution < -0.4 is 0 Å². The average Bonchev–Trinajstić information content (AvgIpc) is 2.45. The van der Waals surface area contributed by atoms with E-state index >= 15 is 0 Å². The Kier molecular flexibility index (Phi) is 4.30. The molecule has 2 rings (SSSR count). The molecule has 1 heterocycles. The van der Waals surface area contributed by atoms with E-state index in [4.69, 9.17) is 5.11 Å². The highest BCUT2D eigenvalue weighted by Gasteiger charge is 2.16. The molecule has 0 saturated heterocycles. The van der Waals surface area contributed by atoms with Gasteiger partial charge < -0.3 is 10.0 Å². The summed E-state index contributed by atoms with van der Waals surface area (Å²) in [7, 11) is 1.66. The van der Waals surface area contributed by atoms with Crippen molar-refractivity contribution in [2.75, 3.05) is 13.6 Å². The number of aromatic nitrogens is 1. The van der Waals surface area contributed by atoms with E-state index in [9.17, 15) is 9.59 Å². The van der Waals surface area contributed by atoms with Gasteiger partial charge in [-0.15, -0.1) is 0 Å². The predicted molar refractivity (Wildman–Crippen MR) is 75.6 cm³/mol. The van der Waals surface area contributed by atoms with Gasteiger partial charge in [-0.05, 0) is 17.9 Å². The van der Waals surface area contributed by atoms with E-state index in [1.165, 1.54) is 4.90 Å². The zero-order chi connectivity index (χ0) is 14.5. The molecule has 5 nitrogen and oxygen atoms in total. The van der Waals surface area contributed by atoms with E-state index in [2.05, 4.69) is 4.98 Å². The Hall–Kier alpha value is -2.43. The summed E-state index contributed by atoms with van der Waals surface area (Å²) in [5.74, 6) is -1.04. The molecule has 0 atom stereocenters. The minimum atomic E-state index is -0.853. The van der Waals surface area contributed by atoms with Gasteiger partial charge in [0.05, 0.1) is 0 Å². The van der Waals surface area contributed by atoms with E-state index < -0.39 is 5.97 Å². The first-order valence-corrected chi connectivity index (χ1v) is 6.40. The summed E-state index contributed by atoms with van der Waals surface area (Å²) in [5, 5.41) is 10.4. The molecule has 2 aromatic rings. The zero-order valence-corrected chi connectivity index (χ0v) is 11.2. The first-order valence-electron chi connectivity index (χ1n) is 6.40. The summed E-state index contributed by atoms with van der Waals surface area (Å²) in [6.45, 7) is 0.399. The quantitative estimate of drug-likeness (QED) is 0.905. The molecule has 1 amide bonds. The van der Waals surface area contributed by atoms with Gasteiger partial charge in [0.25, 0.3) is 5.91 Å². The summed E-state index contributed by atoms with van der Waals surface area (Å²) < 4.78 is 0. The van der Waals surface area contributed by atoms with Gasteiger partial charge >= 0.3 is 5.97 Å². The minimum absolute atomic E-state index is 0.0561. The van der Waals surface area contributed by atoms with Gasteiger partial charge in [-0.2, -0.15) is 0 Å². The lowest BCUT2D eigenvalue weighted by atomic mass is 10.1. The number of carboxylic acids is 1. The largest absolute Gasteiger partial charge is 0.481 e. The number of carbonyl (C=O) groups excluding carboxylic acids is 1. The number of amides is 1. The molecule has 20 heavy (non-hydrogen) atoms. The molecule has 1 N–H and O–H groups in total. The van der Waals surface area contributed by atoms with E-state index in [0.29, 0.717) is 18.7 Å². The molecular weight excluding hydrogens is 256 g/mol. The van der Waals surface area contributed by atoms with Crippen molar-refractivity contribution in [2.24, 2.45) is 0 Å². The third kappa shape index (κ3) is 3.12. The van der Waals surface area contributed by atoms with Gasteiger partial charge in [-0.1, -0.05) is 24.3 Å². The van der Waals surface area contributed by atoms with Crippen LogP contribution in [0.25, 0.3) is 10.8 Å². The Balaban J connectivity index is 2.16. The van der Waals surface area contributed by atoms with Crippen molar-refractivity contribution in [1.29, 1.82) is 0 Å². The van der Waals surface area contributed by atoms with Crippen LogP contribution in [0.1, 0.15) is 23.3 Å². The molecule has 1 aromatic carbocycles. The second kappa shape index (κ2) is 6.14. The summed E-state index contributed by atoms with van der Waals surface area (Å²) >= 11 is 0. The summed E-state index contributed by atoms with van der Waals surface area (Å²) in [4.78, 5) is 28.5. The van der Waals surface area contributed by atoms with Crippen molar-refractivity contribution in [2.45, 2.75) is 12.8 Å². The van der Waals surface area contributed by atoms with Crippen molar-refractivity contribution in [1.82, 2.24) is 9.88 Å². The van der Waals surface area contributed by atoms with E-state index in [0.717, 1.165) is 10.8 Å². The average molecular weight is 272 g/mol. The molecule has 0 unspecified atom stereocenters. The first kappa shape index (κ1) is 14.0. The Morgan fingerprint density at radius 3 is 2.75 bits per heavy atom. The van der Waals surface area contributed by atoms with Crippen LogP contribution in [-0.2, 0) is 4.79 Å². The smallest absolute Gasteiger partial charge is 0.303 e. The molecule has 104 valence electrons. The number of carboxylic acid groups (broad SMARTS) is 1. The van der Waals surface area contributed by atoms with Gasteiger partial charge in [0.15, 0.2) is 0 Å². The van der Waals surface area contributed by atoms with Crippen LogP contribution >= 0.6 is 0 Å². The molecular formula is C15H16N2O3. The number of rotatable bonds is 5. The molecule has 0 radical (unpaired) electrons. The van der Waals surface area contributed by atoms with Crippen LogP contribution in [-0.4, -0.2) is 40.5 Å². The fraction of sp³-hybridized carbons (Fsp3) is 0.267. The van der Waals surface area contributed by atoms with Crippen LogP contribution in [0.2, 0.25) is 0 Å². The molecule has 0 bridgehead atoms. The normalized spacial score (nSPS) is 10.4. The van der Waals surface area contributed by atoms with Gasteiger partial charge in [0.2, 0.25) is 0 Å². The van der Waals surface area contributed by atoms with E-state index in [1.807, 2.05) is 30.3 Å². The lowest BCUT2D eigenvalue weighted by Crippen LogP contribution is -2.29. The van der Waals surface area contributed by atoms with E-state index in [-0.39, 0.29) is 12.3 Å². The maximum absolute atomic E-state index is 12.4. The molecule has 0 aliphatic rings. The summed E-state index contributed by atoms with van der Waals surface area (Å²) in [6.07, 6.45) is 2.10. The van der Waals surface area contributed by atoms with E-state index in [1.54, 1.807) is 13.2 Å². The fourth-order valence-corrected chi connectivity index (χ4v) is 2.04. The lowest BCUT2D eigenvalue weighted by molar-refractivity contribution is -0.137. The molecule has 0 aliphatic heterocycles.